The predicted octanol–water partition coefficient (Wildman–Crippen LogP) is 3.69. The second-order valence-corrected chi connectivity index (χ2v) is 6.13. The van der Waals surface area contributed by atoms with E-state index in [1.54, 1.807) is 0 Å². The van der Waals surface area contributed by atoms with Crippen LogP contribution in [0.1, 0.15) is 23.7 Å². The molecule has 1 aliphatic rings. The highest BCUT2D eigenvalue weighted by Gasteiger charge is 2.22. The van der Waals surface area contributed by atoms with E-state index < -0.39 is 0 Å². The van der Waals surface area contributed by atoms with Crippen molar-refractivity contribution in [3.05, 3.63) is 34.9 Å². The van der Waals surface area contributed by atoms with Crippen LogP contribution in [0.3, 0.4) is 0 Å². The van der Waals surface area contributed by atoms with Crippen LogP contribution in [0.5, 0.6) is 0 Å². The topological polar surface area (TPSA) is 36.4 Å². The summed E-state index contributed by atoms with van der Waals surface area (Å²) in [4.78, 5) is 4.24. The zero-order chi connectivity index (χ0) is 13.7. The van der Waals surface area contributed by atoms with E-state index in [-0.39, 0.29) is 24.0 Å². The van der Waals surface area contributed by atoms with Gasteiger partial charge in [0.2, 0.25) is 0 Å². The summed E-state index contributed by atoms with van der Waals surface area (Å²) in [7, 11) is 1.81. The summed E-state index contributed by atoms with van der Waals surface area (Å²) in [6.45, 7) is 0.841. The molecular weight excluding hydrogens is 405 g/mol. The van der Waals surface area contributed by atoms with E-state index in [1.807, 2.05) is 37.0 Å². The van der Waals surface area contributed by atoms with Crippen molar-refractivity contribution < 1.29 is 0 Å². The highest BCUT2D eigenvalue weighted by Crippen LogP contribution is 2.27. The van der Waals surface area contributed by atoms with Crippen molar-refractivity contribution in [3.8, 4) is 0 Å². The van der Waals surface area contributed by atoms with E-state index in [0.29, 0.717) is 11.3 Å². The van der Waals surface area contributed by atoms with Gasteiger partial charge < -0.3 is 10.6 Å². The molecule has 1 unspecified atom stereocenters. The van der Waals surface area contributed by atoms with Crippen LogP contribution in [0.2, 0.25) is 5.02 Å². The van der Waals surface area contributed by atoms with Crippen LogP contribution in [-0.2, 0) is 0 Å². The number of halogens is 2. The van der Waals surface area contributed by atoms with Crippen LogP contribution < -0.4 is 10.6 Å². The molecule has 0 saturated heterocycles. The highest BCUT2D eigenvalue weighted by molar-refractivity contribution is 14.0. The lowest BCUT2D eigenvalue weighted by molar-refractivity contribution is 0.784. The van der Waals surface area contributed by atoms with E-state index >= 15 is 0 Å². The SMILES string of the molecule is CN=C(NCC(SC)c1cccc(Cl)c1)NC1CC1.I. The molecule has 1 aromatic rings. The molecule has 1 atom stereocenters. The molecule has 0 radical (unpaired) electrons. The number of thioether (sulfide) groups is 1. The summed E-state index contributed by atoms with van der Waals surface area (Å²) in [5.74, 6) is 0.892. The van der Waals surface area contributed by atoms with Crippen LogP contribution in [0.15, 0.2) is 29.3 Å². The molecule has 0 bridgehead atoms. The number of hydrogen-bond acceptors (Lipinski definition) is 2. The minimum atomic E-state index is 0. The van der Waals surface area contributed by atoms with Crippen molar-refractivity contribution in [1.82, 2.24) is 10.6 Å². The number of hydrogen-bond donors (Lipinski definition) is 2. The molecule has 112 valence electrons. The zero-order valence-electron chi connectivity index (χ0n) is 11.7. The summed E-state index contributed by atoms with van der Waals surface area (Å²) < 4.78 is 0. The van der Waals surface area contributed by atoms with Gasteiger partial charge in [-0.1, -0.05) is 23.7 Å². The molecule has 0 aromatic heterocycles. The van der Waals surface area contributed by atoms with Gasteiger partial charge in [0.05, 0.1) is 0 Å². The minimum absolute atomic E-state index is 0. The molecule has 1 fully saturated rings. The molecule has 2 rings (SSSR count). The fourth-order valence-electron chi connectivity index (χ4n) is 1.85. The van der Waals surface area contributed by atoms with Crippen molar-refractivity contribution in [1.29, 1.82) is 0 Å². The third-order valence-corrected chi connectivity index (χ3v) is 4.34. The standard InChI is InChI=1S/C14H20ClN3S.HI/c1-16-14(18-12-6-7-12)17-9-13(19-2)10-4-3-5-11(15)8-10;/h3-5,8,12-13H,6-7,9H2,1-2H3,(H2,16,17,18);1H. The fraction of sp³-hybridized carbons (Fsp3) is 0.500. The Labute approximate surface area is 147 Å². The van der Waals surface area contributed by atoms with Crippen LogP contribution >= 0.6 is 47.3 Å². The molecule has 6 heteroatoms. The molecule has 2 N–H and O–H groups in total. The first-order valence-electron chi connectivity index (χ1n) is 6.48. The Balaban J connectivity index is 0.00000200. The monoisotopic (exact) mass is 425 g/mol. The van der Waals surface area contributed by atoms with Crippen LogP contribution in [0.4, 0.5) is 0 Å². The third-order valence-electron chi connectivity index (χ3n) is 3.10. The molecule has 0 aliphatic heterocycles. The maximum absolute atomic E-state index is 6.05. The zero-order valence-corrected chi connectivity index (χ0v) is 15.6. The molecule has 0 amide bonds. The number of aliphatic imine (C=N–C) groups is 1. The Bertz CT molecular complexity index is 452. The second kappa shape index (κ2) is 9.00. The van der Waals surface area contributed by atoms with Crippen LogP contribution in [-0.4, -0.2) is 31.8 Å². The molecule has 3 nitrogen and oxygen atoms in total. The predicted molar refractivity (Wildman–Crippen MR) is 101 cm³/mol. The molecule has 20 heavy (non-hydrogen) atoms. The van der Waals surface area contributed by atoms with E-state index in [2.05, 4.69) is 27.9 Å². The Hall–Kier alpha value is -0.140. The normalized spacial score (nSPS) is 16.2. The largest absolute Gasteiger partial charge is 0.355 e. The molecular formula is C14H21ClIN3S. The van der Waals surface area contributed by atoms with Gasteiger partial charge in [0.25, 0.3) is 0 Å². The number of nitrogens with one attached hydrogen (secondary N) is 2. The molecule has 0 heterocycles. The smallest absolute Gasteiger partial charge is 0.191 e. The lowest BCUT2D eigenvalue weighted by atomic mass is 10.1. The Kier molecular flexibility index (Phi) is 8.06. The molecule has 1 saturated carbocycles. The average molecular weight is 426 g/mol. The summed E-state index contributed by atoms with van der Waals surface area (Å²) >= 11 is 7.86. The fourth-order valence-corrected chi connectivity index (χ4v) is 2.72. The number of guanidine groups is 1. The van der Waals surface area contributed by atoms with E-state index in [1.165, 1.54) is 18.4 Å². The quantitative estimate of drug-likeness (QED) is 0.429. The first-order valence-corrected chi connectivity index (χ1v) is 8.15. The van der Waals surface area contributed by atoms with E-state index in [4.69, 9.17) is 11.6 Å². The lowest BCUT2D eigenvalue weighted by Gasteiger charge is -2.18. The van der Waals surface area contributed by atoms with Gasteiger partial charge in [0.1, 0.15) is 0 Å². The number of nitrogens with zero attached hydrogens (tertiary/aromatic N) is 1. The summed E-state index contributed by atoms with van der Waals surface area (Å²) in [5, 5.41) is 7.93. The van der Waals surface area contributed by atoms with Crippen molar-refractivity contribution in [2.24, 2.45) is 4.99 Å². The first kappa shape index (κ1) is 17.9. The van der Waals surface area contributed by atoms with Gasteiger partial charge >= 0.3 is 0 Å². The highest BCUT2D eigenvalue weighted by atomic mass is 127. The van der Waals surface area contributed by atoms with Gasteiger partial charge in [-0.2, -0.15) is 11.8 Å². The third kappa shape index (κ3) is 5.69. The molecule has 1 aliphatic carbocycles. The van der Waals surface area contributed by atoms with Gasteiger partial charge in [-0.05, 0) is 36.8 Å². The number of benzene rings is 1. The number of rotatable bonds is 5. The van der Waals surface area contributed by atoms with Crippen molar-refractivity contribution in [2.45, 2.75) is 24.1 Å². The van der Waals surface area contributed by atoms with Gasteiger partial charge in [-0.15, -0.1) is 24.0 Å². The van der Waals surface area contributed by atoms with Crippen molar-refractivity contribution >= 4 is 53.3 Å². The molecule has 0 spiro atoms. The maximum Gasteiger partial charge on any atom is 0.191 e. The maximum atomic E-state index is 6.05. The molecule has 1 aromatic carbocycles. The van der Waals surface area contributed by atoms with Gasteiger partial charge in [0.15, 0.2) is 5.96 Å². The van der Waals surface area contributed by atoms with Crippen molar-refractivity contribution in [2.75, 3.05) is 19.8 Å². The van der Waals surface area contributed by atoms with Crippen LogP contribution in [0, 0.1) is 0 Å². The Morgan fingerprint density at radius 1 is 1.50 bits per heavy atom. The van der Waals surface area contributed by atoms with E-state index in [9.17, 15) is 0 Å². The Morgan fingerprint density at radius 2 is 2.25 bits per heavy atom. The van der Waals surface area contributed by atoms with Gasteiger partial charge in [0, 0.05) is 29.9 Å². The summed E-state index contributed by atoms with van der Waals surface area (Å²) in [6.07, 6.45) is 4.62. The van der Waals surface area contributed by atoms with Crippen molar-refractivity contribution in [3.63, 3.8) is 0 Å². The summed E-state index contributed by atoms with van der Waals surface area (Å²) in [6, 6.07) is 8.67. The van der Waals surface area contributed by atoms with Crippen LogP contribution in [0.25, 0.3) is 0 Å². The van der Waals surface area contributed by atoms with Gasteiger partial charge in [-0.25, -0.2) is 0 Å². The van der Waals surface area contributed by atoms with Gasteiger partial charge in [-0.3, -0.25) is 4.99 Å². The summed E-state index contributed by atoms with van der Waals surface area (Å²) in [5.41, 5.74) is 1.24. The second-order valence-electron chi connectivity index (χ2n) is 4.65. The average Bonchev–Trinajstić information content (AvgIpc) is 3.22. The first-order chi connectivity index (χ1) is 9.22. The minimum Gasteiger partial charge on any atom is -0.355 e. The lowest BCUT2D eigenvalue weighted by Crippen LogP contribution is -2.40. The van der Waals surface area contributed by atoms with E-state index in [0.717, 1.165) is 17.5 Å². The Morgan fingerprint density at radius 3 is 2.80 bits per heavy atom.